The monoisotopic (exact) mass is 302 g/mol. The Morgan fingerprint density at radius 1 is 1.25 bits per heavy atom. The summed E-state index contributed by atoms with van der Waals surface area (Å²) in [6.07, 6.45) is 3.98. The van der Waals surface area contributed by atoms with Crippen LogP contribution in [0.5, 0.6) is 0 Å². The summed E-state index contributed by atoms with van der Waals surface area (Å²) in [5.41, 5.74) is 0. The number of aliphatic carboxylic acids is 1. The molecule has 0 aromatic heterocycles. The molecule has 20 heavy (non-hydrogen) atoms. The number of carboxylic acids is 1. The molecule has 0 aromatic rings. The van der Waals surface area contributed by atoms with E-state index in [9.17, 15) is 9.59 Å². The van der Waals surface area contributed by atoms with Crippen LogP contribution in [0.1, 0.15) is 52.9 Å². The second kappa shape index (κ2) is 8.57. The Morgan fingerprint density at radius 2 is 1.80 bits per heavy atom. The van der Waals surface area contributed by atoms with E-state index in [0.29, 0.717) is 19.4 Å². The Bertz CT molecular complexity index is 307. The summed E-state index contributed by atoms with van der Waals surface area (Å²) in [6.45, 7) is 11.8. The molecule has 0 aliphatic carbocycles. The van der Waals surface area contributed by atoms with Crippen LogP contribution in [-0.2, 0) is 14.0 Å². The van der Waals surface area contributed by atoms with Crippen molar-refractivity contribution in [1.82, 2.24) is 0 Å². The minimum Gasteiger partial charge on any atom is -0.481 e. The smallest absolute Gasteiger partial charge is 0.303 e. The molecule has 0 saturated carbocycles. The van der Waals surface area contributed by atoms with Crippen LogP contribution in [0.15, 0.2) is 0 Å². The standard InChI is InChI=1S/C15H30O4Si/c1-15(2,3)20(4,5)19-11-7-9-13(12-16)8-6-10-14(17)18/h12-13H,6-11H2,1-5H3,(H,17,18)/t13-/m1/s1. The summed E-state index contributed by atoms with van der Waals surface area (Å²) in [5, 5.41) is 8.78. The lowest BCUT2D eigenvalue weighted by atomic mass is 9.98. The molecule has 4 nitrogen and oxygen atoms in total. The van der Waals surface area contributed by atoms with Crippen LogP contribution < -0.4 is 0 Å². The highest BCUT2D eigenvalue weighted by molar-refractivity contribution is 6.74. The lowest BCUT2D eigenvalue weighted by molar-refractivity contribution is -0.137. The molecule has 0 saturated heterocycles. The summed E-state index contributed by atoms with van der Waals surface area (Å²) in [5.74, 6) is -0.826. The molecule has 0 unspecified atom stereocenters. The zero-order chi connectivity index (χ0) is 15.8. The van der Waals surface area contributed by atoms with Crippen molar-refractivity contribution in [2.45, 2.75) is 71.0 Å². The lowest BCUT2D eigenvalue weighted by Crippen LogP contribution is -2.41. The molecular weight excluding hydrogens is 272 g/mol. The average Bonchev–Trinajstić information content (AvgIpc) is 2.30. The summed E-state index contributed by atoms with van der Waals surface area (Å²) < 4.78 is 6.06. The number of carbonyl (C=O) groups excluding carboxylic acids is 1. The van der Waals surface area contributed by atoms with Crippen LogP contribution >= 0.6 is 0 Å². The first kappa shape index (κ1) is 19.3. The zero-order valence-corrected chi connectivity index (χ0v) is 14.6. The van der Waals surface area contributed by atoms with E-state index in [0.717, 1.165) is 19.1 Å². The highest BCUT2D eigenvalue weighted by Crippen LogP contribution is 2.36. The highest BCUT2D eigenvalue weighted by atomic mass is 28.4. The predicted octanol–water partition coefficient (Wildman–Crippen LogP) is 3.86. The molecule has 5 heteroatoms. The van der Waals surface area contributed by atoms with E-state index in [1.54, 1.807) is 0 Å². The molecular formula is C15H30O4Si. The van der Waals surface area contributed by atoms with Gasteiger partial charge in [-0.05, 0) is 43.8 Å². The largest absolute Gasteiger partial charge is 0.481 e. The number of rotatable bonds is 10. The summed E-state index contributed by atoms with van der Waals surface area (Å²) in [6, 6.07) is 0. The van der Waals surface area contributed by atoms with Gasteiger partial charge < -0.3 is 14.3 Å². The van der Waals surface area contributed by atoms with Crippen molar-refractivity contribution in [3.05, 3.63) is 0 Å². The van der Waals surface area contributed by atoms with E-state index in [2.05, 4.69) is 33.9 Å². The second-order valence-electron chi connectivity index (χ2n) is 6.93. The Balaban J connectivity index is 3.91. The maximum absolute atomic E-state index is 11.0. The fraction of sp³-hybridized carbons (Fsp3) is 0.867. The van der Waals surface area contributed by atoms with Gasteiger partial charge in [-0.1, -0.05) is 20.8 Å². The quantitative estimate of drug-likeness (QED) is 0.378. The van der Waals surface area contributed by atoms with Gasteiger partial charge >= 0.3 is 5.97 Å². The SMILES string of the molecule is CC(C)(C)[Si](C)(C)OCCC[C@H](C=O)CCCC(=O)O. The maximum Gasteiger partial charge on any atom is 0.303 e. The molecule has 0 bridgehead atoms. The Labute approximate surface area is 124 Å². The first-order valence-electron chi connectivity index (χ1n) is 7.41. The highest BCUT2D eigenvalue weighted by Gasteiger charge is 2.36. The van der Waals surface area contributed by atoms with Crippen LogP contribution in [0.25, 0.3) is 0 Å². The molecule has 0 amide bonds. The van der Waals surface area contributed by atoms with E-state index in [1.807, 2.05) is 0 Å². The number of hydrogen-bond acceptors (Lipinski definition) is 3. The van der Waals surface area contributed by atoms with Gasteiger partial charge in [-0.25, -0.2) is 0 Å². The molecule has 0 aromatic carbocycles. The van der Waals surface area contributed by atoms with Crippen LogP contribution in [0.2, 0.25) is 18.1 Å². The maximum atomic E-state index is 11.0. The molecule has 118 valence electrons. The molecule has 1 atom stereocenters. The van der Waals surface area contributed by atoms with Crippen LogP contribution in [0, 0.1) is 5.92 Å². The fourth-order valence-electron chi connectivity index (χ4n) is 1.69. The lowest BCUT2D eigenvalue weighted by Gasteiger charge is -2.36. The van der Waals surface area contributed by atoms with Crippen LogP contribution in [0.3, 0.4) is 0 Å². The number of aldehydes is 1. The van der Waals surface area contributed by atoms with Crippen molar-refractivity contribution >= 4 is 20.6 Å². The number of carbonyl (C=O) groups is 2. The van der Waals surface area contributed by atoms with E-state index >= 15 is 0 Å². The summed E-state index contributed by atoms with van der Waals surface area (Å²) in [4.78, 5) is 21.4. The Morgan fingerprint density at radius 3 is 2.25 bits per heavy atom. The topological polar surface area (TPSA) is 63.6 Å². The molecule has 0 rings (SSSR count). The van der Waals surface area contributed by atoms with Crippen molar-refractivity contribution in [2.75, 3.05) is 6.61 Å². The van der Waals surface area contributed by atoms with Gasteiger partial charge in [0.25, 0.3) is 0 Å². The van der Waals surface area contributed by atoms with Crippen molar-refractivity contribution < 1.29 is 19.1 Å². The normalized spacial score (nSPS) is 14.1. The first-order valence-corrected chi connectivity index (χ1v) is 10.3. The molecule has 0 fully saturated rings. The van der Waals surface area contributed by atoms with E-state index in [4.69, 9.17) is 9.53 Å². The van der Waals surface area contributed by atoms with Gasteiger partial charge in [0, 0.05) is 18.9 Å². The molecule has 1 N–H and O–H groups in total. The van der Waals surface area contributed by atoms with Crippen LogP contribution in [-0.4, -0.2) is 32.3 Å². The van der Waals surface area contributed by atoms with Gasteiger partial charge in [-0.15, -0.1) is 0 Å². The van der Waals surface area contributed by atoms with E-state index in [-0.39, 0.29) is 17.4 Å². The fourth-order valence-corrected chi connectivity index (χ4v) is 2.77. The average molecular weight is 302 g/mol. The van der Waals surface area contributed by atoms with Crippen LogP contribution in [0.4, 0.5) is 0 Å². The van der Waals surface area contributed by atoms with Gasteiger partial charge in [0.1, 0.15) is 6.29 Å². The van der Waals surface area contributed by atoms with Gasteiger partial charge in [0.2, 0.25) is 0 Å². The number of hydrogen-bond donors (Lipinski definition) is 1. The van der Waals surface area contributed by atoms with Gasteiger partial charge in [0.15, 0.2) is 8.32 Å². The summed E-state index contributed by atoms with van der Waals surface area (Å²) >= 11 is 0. The molecule has 0 aliphatic rings. The molecule has 0 spiro atoms. The minimum absolute atomic E-state index is 0.0302. The van der Waals surface area contributed by atoms with E-state index in [1.165, 1.54) is 0 Å². The van der Waals surface area contributed by atoms with E-state index < -0.39 is 14.3 Å². The van der Waals surface area contributed by atoms with Crippen molar-refractivity contribution in [2.24, 2.45) is 5.92 Å². The summed E-state index contributed by atoms with van der Waals surface area (Å²) in [7, 11) is -1.69. The van der Waals surface area contributed by atoms with Crippen molar-refractivity contribution in [3.63, 3.8) is 0 Å². The minimum atomic E-state index is -1.69. The first-order chi connectivity index (χ1) is 9.10. The zero-order valence-electron chi connectivity index (χ0n) is 13.6. The third-order valence-corrected chi connectivity index (χ3v) is 8.68. The molecule has 0 aliphatic heterocycles. The van der Waals surface area contributed by atoms with Gasteiger partial charge in [-0.3, -0.25) is 4.79 Å². The predicted molar refractivity (Wildman–Crippen MR) is 83.4 cm³/mol. The Kier molecular flexibility index (Phi) is 8.28. The Hall–Kier alpha value is -0.683. The van der Waals surface area contributed by atoms with Gasteiger partial charge in [-0.2, -0.15) is 0 Å². The van der Waals surface area contributed by atoms with Gasteiger partial charge in [0.05, 0.1) is 0 Å². The second-order valence-corrected chi connectivity index (χ2v) is 11.7. The van der Waals surface area contributed by atoms with Crippen molar-refractivity contribution in [3.8, 4) is 0 Å². The molecule has 0 heterocycles. The third kappa shape index (κ3) is 7.80. The third-order valence-electron chi connectivity index (χ3n) is 4.15. The number of carboxylic acid groups (broad SMARTS) is 1. The molecule has 0 radical (unpaired) electrons. The van der Waals surface area contributed by atoms with Crippen molar-refractivity contribution in [1.29, 1.82) is 0 Å².